The first kappa shape index (κ1) is 19.9. The van der Waals surface area contributed by atoms with Crippen LogP contribution in [-0.2, 0) is 11.3 Å². The third-order valence-corrected chi connectivity index (χ3v) is 6.12. The lowest BCUT2D eigenvalue weighted by Crippen LogP contribution is -2.49. The summed E-state index contributed by atoms with van der Waals surface area (Å²) in [5, 5.41) is 3.69. The minimum absolute atomic E-state index is 0.00964. The van der Waals surface area contributed by atoms with Crippen LogP contribution in [0.3, 0.4) is 0 Å². The maximum atomic E-state index is 12.4. The first-order chi connectivity index (χ1) is 14.2. The van der Waals surface area contributed by atoms with Crippen molar-refractivity contribution in [2.24, 2.45) is 0 Å². The molecule has 29 heavy (non-hydrogen) atoms. The van der Waals surface area contributed by atoms with E-state index < -0.39 is 0 Å². The Bertz CT molecular complexity index is 955. The van der Waals surface area contributed by atoms with Crippen molar-refractivity contribution in [2.45, 2.75) is 6.54 Å². The first-order valence-corrected chi connectivity index (χ1v) is 10.8. The molecule has 7 heteroatoms. The van der Waals surface area contributed by atoms with E-state index in [0.29, 0.717) is 23.9 Å². The molecule has 1 aliphatic heterocycles. The Hall–Kier alpha value is -2.41. The molecule has 0 saturated carbocycles. The second kappa shape index (κ2) is 9.39. The molecule has 0 radical (unpaired) electrons. The molecule has 1 aliphatic rings. The monoisotopic (exact) mass is 427 g/mol. The third kappa shape index (κ3) is 5.15. The van der Waals surface area contributed by atoms with E-state index in [2.05, 4.69) is 22.4 Å². The topological polar surface area (TPSA) is 45.7 Å². The molecular formula is C22H22ClN3O2S. The van der Waals surface area contributed by atoms with Crippen molar-refractivity contribution in [3.05, 3.63) is 70.7 Å². The number of ether oxygens (including phenoxy) is 1. The largest absolute Gasteiger partial charge is 0.482 e. The van der Waals surface area contributed by atoms with Crippen molar-refractivity contribution in [3.63, 3.8) is 0 Å². The molecule has 5 nitrogen and oxygen atoms in total. The van der Waals surface area contributed by atoms with Crippen LogP contribution in [0.15, 0.2) is 60.0 Å². The standard InChI is InChI=1S/C22H22ClN3O2S/c23-19-8-4-5-9-20(19)28-15-21(27)26-12-10-25(11-13-26)14-18-16-29-22(24-18)17-6-2-1-3-7-17/h1-9,16H,10-15H2. The lowest BCUT2D eigenvalue weighted by Gasteiger charge is -2.34. The minimum atomic E-state index is -0.00964. The molecule has 0 spiro atoms. The summed E-state index contributed by atoms with van der Waals surface area (Å²) < 4.78 is 5.57. The molecule has 0 aliphatic carbocycles. The zero-order valence-electron chi connectivity index (χ0n) is 16.0. The van der Waals surface area contributed by atoms with Gasteiger partial charge in [-0.25, -0.2) is 4.98 Å². The maximum absolute atomic E-state index is 12.4. The molecule has 1 saturated heterocycles. The minimum Gasteiger partial charge on any atom is -0.482 e. The van der Waals surface area contributed by atoms with Crippen LogP contribution >= 0.6 is 22.9 Å². The van der Waals surface area contributed by atoms with Crippen LogP contribution in [0.1, 0.15) is 5.69 Å². The molecule has 1 fully saturated rings. The number of nitrogens with zero attached hydrogens (tertiary/aromatic N) is 3. The van der Waals surface area contributed by atoms with Gasteiger partial charge in [0.15, 0.2) is 6.61 Å². The van der Waals surface area contributed by atoms with Crippen LogP contribution in [0.25, 0.3) is 10.6 Å². The number of thiazole rings is 1. The number of hydrogen-bond acceptors (Lipinski definition) is 5. The van der Waals surface area contributed by atoms with Crippen molar-refractivity contribution >= 4 is 28.8 Å². The van der Waals surface area contributed by atoms with E-state index in [9.17, 15) is 4.79 Å². The second-order valence-corrected chi connectivity index (χ2v) is 8.15. The fourth-order valence-electron chi connectivity index (χ4n) is 3.27. The van der Waals surface area contributed by atoms with Gasteiger partial charge < -0.3 is 9.64 Å². The van der Waals surface area contributed by atoms with Gasteiger partial charge in [-0.15, -0.1) is 11.3 Å². The van der Waals surface area contributed by atoms with Gasteiger partial charge in [-0.3, -0.25) is 9.69 Å². The zero-order valence-corrected chi connectivity index (χ0v) is 17.5. The molecule has 0 bridgehead atoms. The normalized spacial score (nSPS) is 14.7. The molecule has 150 valence electrons. The number of halogens is 1. The van der Waals surface area contributed by atoms with E-state index in [1.54, 1.807) is 23.5 Å². The summed E-state index contributed by atoms with van der Waals surface area (Å²) in [6.07, 6.45) is 0. The summed E-state index contributed by atoms with van der Waals surface area (Å²) in [7, 11) is 0. The third-order valence-electron chi connectivity index (χ3n) is 4.87. The summed E-state index contributed by atoms with van der Waals surface area (Å²) in [5.74, 6) is 0.531. The number of carbonyl (C=O) groups excluding carboxylic acids is 1. The average molecular weight is 428 g/mol. The van der Waals surface area contributed by atoms with Gasteiger partial charge in [-0.2, -0.15) is 0 Å². The Balaban J connectivity index is 1.25. The highest BCUT2D eigenvalue weighted by atomic mass is 35.5. The number of carbonyl (C=O) groups is 1. The fourth-order valence-corrected chi connectivity index (χ4v) is 4.28. The number of amides is 1. The van der Waals surface area contributed by atoms with Crippen molar-refractivity contribution in [2.75, 3.05) is 32.8 Å². The van der Waals surface area contributed by atoms with Crippen LogP contribution in [0.5, 0.6) is 5.75 Å². The Kier molecular flexibility index (Phi) is 6.44. The van der Waals surface area contributed by atoms with E-state index >= 15 is 0 Å². The molecule has 2 heterocycles. The number of benzene rings is 2. The summed E-state index contributed by atoms with van der Waals surface area (Å²) in [4.78, 5) is 21.4. The average Bonchev–Trinajstić information content (AvgIpc) is 3.23. The lowest BCUT2D eigenvalue weighted by atomic mass is 10.2. The molecule has 3 aromatic rings. The summed E-state index contributed by atoms with van der Waals surface area (Å²) >= 11 is 7.74. The van der Waals surface area contributed by atoms with Crippen molar-refractivity contribution < 1.29 is 9.53 Å². The number of para-hydroxylation sites is 1. The summed E-state index contributed by atoms with van der Waals surface area (Å²) in [6.45, 7) is 3.87. The van der Waals surface area contributed by atoms with Gasteiger partial charge >= 0.3 is 0 Å². The second-order valence-electron chi connectivity index (χ2n) is 6.89. The van der Waals surface area contributed by atoms with Crippen molar-refractivity contribution in [1.82, 2.24) is 14.8 Å². The highest BCUT2D eigenvalue weighted by Crippen LogP contribution is 2.24. The van der Waals surface area contributed by atoms with Crippen LogP contribution in [0, 0.1) is 0 Å². The number of rotatable bonds is 6. The van der Waals surface area contributed by atoms with Crippen LogP contribution in [0.4, 0.5) is 0 Å². The fraction of sp³-hybridized carbons (Fsp3) is 0.273. The molecule has 0 unspecified atom stereocenters. The Morgan fingerprint density at radius 3 is 2.52 bits per heavy atom. The Labute approximate surface area is 179 Å². The van der Waals surface area contributed by atoms with Crippen LogP contribution < -0.4 is 4.74 Å². The predicted molar refractivity (Wildman–Crippen MR) is 116 cm³/mol. The van der Waals surface area contributed by atoms with Gasteiger partial charge in [0.1, 0.15) is 10.8 Å². The Morgan fingerprint density at radius 2 is 1.76 bits per heavy atom. The van der Waals surface area contributed by atoms with E-state index in [-0.39, 0.29) is 12.5 Å². The highest BCUT2D eigenvalue weighted by Gasteiger charge is 2.22. The van der Waals surface area contributed by atoms with Crippen molar-refractivity contribution in [3.8, 4) is 16.3 Å². The van der Waals surface area contributed by atoms with Crippen LogP contribution in [-0.4, -0.2) is 53.5 Å². The Morgan fingerprint density at radius 1 is 1.03 bits per heavy atom. The van der Waals surface area contributed by atoms with Gasteiger partial charge in [0.2, 0.25) is 0 Å². The number of aromatic nitrogens is 1. The quantitative estimate of drug-likeness (QED) is 0.591. The zero-order chi connectivity index (χ0) is 20.1. The summed E-state index contributed by atoms with van der Waals surface area (Å²) in [6, 6.07) is 17.4. The molecule has 0 atom stereocenters. The smallest absolute Gasteiger partial charge is 0.260 e. The highest BCUT2D eigenvalue weighted by molar-refractivity contribution is 7.13. The lowest BCUT2D eigenvalue weighted by molar-refractivity contribution is -0.135. The van der Waals surface area contributed by atoms with E-state index in [1.807, 2.05) is 35.2 Å². The summed E-state index contributed by atoms with van der Waals surface area (Å²) in [5.41, 5.74) is 2.23. The van der Waals surface area contributed by atoms with E-state index in [0.717, 1.165) is 35.9 Å². The van der Waals surface area contributed by atoms with Gasteiger partial charge in [0.25, 0.3) is 5.91 Å². The number of hydrogen-bond donors (Lipinski definition) is 0. The van der Waals surface area contributed by atoms with E-state index in [4.69, 9.17) is 21.3 Å². The van der Waals surface area contributed by atoms with Crippen molar-refractivity contribution in [1.29, 1.82) is 0 Å². The maximum Gasteiger partial charge on any atom is 0.260 e. The van der Waals surface area contributed by atoms with Gasteiger partial charge in [0.05, 0.1) is 10.7 Å². The first-order valence-electron chi connectivity index (χ1n) is 9.56. The van der Waals surface area contributed by atoms with E-state index in [1.165, 1.54) is 0 Å². The molecular weight excluding hydrogens is 406 g/mol. The SMILES string of the molecule is O=C(COc1ccccc1Cl)N1CCN(Cc2csc(-c3ccccc3)n2)CC1. The molecule has 1 amide bonds. The number of piperazine rings is 1. The van der Waals surface area contributed by atoms with Gasteiger partial charge in [-0.05, 0) is 12.1 Å². The van der Waals surface area contributed by atoms with Gasteiger partial charge in [0, 0.05) is 43.7 Å². The molecule has 4 rings (SSSR count). The van der Waals surface area contributed by atoms with Gasteiger partial charge in [-0.1, -0.05) is 54.1 Å². The molecule has 1 aromatic heterocycles. The molecule has 2 aromatic carbocycles. The predicted octanol–water partition coefficient (Wildman–Crippen LogP) is 4.19. The van der Waals surface area contributed by atoms with Crippen LogP contribution in [0.2, 0.25) is 5.02 Å². The molecule has 0 N–H and O–H groups in total.